The molecule has 1 aromatic carbocycles. The number of nitrogens with zero attached hydrogens (tertiary/aromatic N) is 1. The first-order valence-electron chi connectivity index (χ1n) is 6.03. The number of likely N-dealkylation sites (N-methyl/N-ethyl adjacent to an activating group) is 1. The van der Waals surface area contributed by atoms with Gasteiger partial charge in [0, 0.05) is 23.9 Å². The Kier molecular flexibility index (Phi) is 4.79. The molecule has 1 aliphatic rings. The summed E-state index contributed by atoms with van der Waals surface area (Å²) in [6.07, 6.45) is 0. The Bertz CT molecular complexity index is 630. The highest BCUT2D eigenvalue weighted by atomic mass is 79.9. The van der Waals surface area contributed by atoms with E-state index >= 15 is 0 Å². The van der Waals surface area contributed by atoms with E-state index in [1.54, 1.807) is 23.5 Å². The van der Waals surface area contributed by atoms with Crippen LogP contribution in [0.15, 0.2) is 28.1 Å². The minimum absolute atomic E-state index is 0. The Morgan fingerprint density at radius 2 is 2.00 bits per heavy atom. The van der Waals surface area contributed by atoms with E-state index < -0.39 is 0 Å². The van der Waals surface area contributed by atoms with Gasteiger partial charge in [0.05, 0.1) is 3.79 Å². The predicted octanol–water partition coefficient (Wildman–Crippen LogP) is 4.08. The summed E-state index contributed by atoms with van der Waals surface area (Å²) in [5.41, 5.74) is 2.36. The van der Waals surface area contributed by atoms with Crippen LogP contribution in [0.3, 0.4) is 0 Å². The lowest BCUT2D eigenvalue weighted by atomic mass is 9.88. The van der Waals surface area contributed by atoms with Gasteiger partial charge in [0.15, 0.2) is 11.5 Å². The van der Waals surface area contributed by atoms with E-state index in [0.717, 1.165) is 22.4 Å². The number of thiophene rings is 1. The molecule has 108 valence electrons. The molecule has 0 amide bonds. The summed E-state index contributed by atoms with van der Waals surface area (Å²) in [6, 6.07) is 7.27. The van der Waals surface area contributed by atoms with Gasteiger partial charge in [-0.1, -0.05) is 6.07 Å². The zero-order chi connectivity index (χ0) is 13.6. The van der Waals surface area contributed by atoms with Crippen molar-refractivity contribution in [2.24, 2.45) is 0 Å². The highest BCUT2D eigenvalue weighted by molar-refractivity contribution is 9.11. The van der Waals surface area contributed by atoms with Crippen LogP contribution in [0.1, 0.15) is 21.9 Å². The van der Waals surface area contributed by atoms with Crippen molar-refractivity contribution in [1.82, 2.24) is 4.90 Å². The van der Waals surface area contributed by atoms with Gasteiger partial charge in [0.2, 0.25) is 0 Å². The van der Waals surface area contributed by atoms with Crippen molar-refractivity contribution >= 4 is 44.2 Å². The maximum atomic E-state index is 9.68. The van der Waals surface area contributed by atoms with Crippen LogP contribution in [0, 0.1) is 0 Å². The largest absolute Gasteiger partial charge is 0.504 e. The van der Waals surface area contributed by atoms with Gasteiger partial charge in [0.1, 0.15) is 0 Å². The standard InChI is InChI=1S/C14H14BrNO2S.BrH/c1-16-6-10(8-2-3-11(17)12(18)4-8)9-5-14(15)19-13(9)7-16;/h2-5,10,17-18H,6-7H2,1H3;1H. The number of benzene rings is 1. The van der Waals surface area contributed by atoms with E-state index in [-0.39, 0.29) is 34.4 Å². The van der Waals surface area contributed by atoms with Crippen LogP contribution in [-0.2, 0) is 6.54 Å². The van der Waals surface area contributed by atoms with Crippen molar-refractivity contribution in [3.63, 3.8) is 0 Å². The summed E-state index contributed by atoms with van der Waals surface area (Å²) in [7, 11) is 2.10. The van der Waals surface area contributed by atoms with E-state index in [9.17, 15) is 10.2 Å². The molecule has 0 saturated carbocycles. The number of fused-ring (bicyclic) bond motifs is 1. The number of aromatic hydroxyl groups is 2. The Morgan fingerprint density at radius 1 is 1.25 bits per heavy atom. The van der Waals surface area contributed by atoms with Crippen molar-refractivity contribution in [2.75, 3.05) is 13.6 Å². The van der Waals surface area contributed by atoms with Gasteiger partial charge < -0.3 is 15.1 Å². The van der Waals surface area contributed by atoms with E-state index in [0.29, 0.717) is 0 Å². The van der Waals surface area contributed by atoms with Gasteiger partial charge in [-0.2, -0.15) is 0 Å². The van der Waals surface area contributed by atoms with E-state index in [4.69, 9.17) is 0 Å². The lowest BCUT2D eigenvalue weighted by molar-refractivity contribution is 0.299. The van der Waals surface area contributed by atoms with E-state index in [1.165, 1.54) is 10.4 Å². The van der Waals surface area contributed by atoms with Crippen molar-refractivity contribution in [3.05, 3.63) is 44.1 Å². The van der Waals surface area contributed by atoms with Gasteiger partial charge in [-0.3, -0.25) is 0 Å². The average molecular weight is 421 g/mol. The molecule has 3 nitrogen and oxygen atoms in total. The molecule has 2 N–H and O–H groups in total. The summed E-state index contributed by atoms with van der Waals surface area (Å²) in [4.78, 5) is 3.64. The summed E-state index contributed by atoms with van der Waals surface area (Å²) in [6.45, 7) is 1.88. The van der Waals surface area contributed by atoms with Crippen molar-refractivity contribution in [2.45, 2.75) is 12.5 Å². The quantitative estimate of drug-likeness (QED) is 0.683. The fourth-order valence-electron chi connectivity index (χ4n) is 2.59. The molecule has 0 saturated heterocycles. The third kappa shape index (κ3) is 2.88. The second kappa shape index (κ2) is 6.05. The first-order chi connectivity index (χ1) is 9.04. The second-order valence-electron chi connectivity index (χ2n) is 4.93. The Balaban J connectivity index is 0.00000147. The van der Waals surface area contributed by atoms with Gasteiger partial charge in [-0.25, -0.2) is 0 Å². The number of hydrogen-bond acceptors (Lipinski definition) is 4. The molecular weight excluding hydrogens is 406 g/mol. The molecule has 20 heavy (non-hydrogen) atoms. The molecule has 0 bridgehead atoms. The highest BCUT2D eigenvalue weighted by Gasteiger charge is 2.27. The van der Waals surface area contributed by atoms with Crippen molar-refractivity contribution < 1.29 is 10.2 Å². The minimum Gasteiger partial charge on any atom is -0.504 e. The lowest BCUT2D eigenvalue weighted by Gasteiger charge is -2.30. The molecular formula is C14H15Br2NO2S. The molecule has 2 aromatic rings. The number of halogens is 2. The van der Waals surface area contributed by atoms with E-state index in [1.807, 2.05) is 6.07 Å². The molecule has 1 aliphatic heterocycles. The molecule has 0 radical (unpaired) electrons. The minimum atomic E-state index is -0.0698. The van der Waals surface area contributed by atoms with Crippen LogP contribution in [0.5, 0.6) is 11.5 Å². The monoisotopic (exact) mass is 419 g/mol. The van der Waals surface area contributed by atoms with Gasteiger partial charge in [-0.05, 0) is 52.3 Å². The average Bonchev–Trinajstić information content (AvgIpc) is 2.72. The van der Waals surface area contributed by atoms with Crippen LogP contribution in [0.4, 0.5) is 0 Å². The van der Waals surface area contributed by atoms with Crippen LogP contribution in [0.2, 0.25) is 0 Å². The maximum Gasteiger partial charge on any atom is 0.157 e. The predicted molar refractivity (Wildman–Crippen MR) is 90.3 cm³/mol. The fourth-order valence-corrected chi connectivity index (χ4v) is 4.45. The Morgan fingerprint density at radius 3 is 2.70 bits per heavy atom. The lowest BCUT2D eigenvalue weighted by Crippen LogP contribution is -2.29. The summed E-state index contributed by atoms with van der Waals surface area (Å²) >= 11 is 5.31. The van der Waals surface area contributed by atoms with E-state index in [2.05, 4.69) is 33.9 Å². The third-order valence-electron chi connectivity index (χ3n) is 3.50. The van der Waals surface area contributed by atoms with Crippen molar-refractivity contribution in [3.8, 4) is 11.5 Å². The number of rotatable bonds is 1. The smallest absolute Gasteiger partial charge is 0.157 e. The van der Waals surface area contributed by atoms with Gasteiger partial charge in [0.25, 0.3) is 0 Å². The molecule has 1 aromatic heterocycles. The Labute approximate surface area is 140 Å². The van der Waals surface area contributed by atoms with Gasteiger partial charge >= 0.3 is 0 Å². The SMILES string of the molecule is Br.CN1Cc2sc(Br)cc2C(c2ccc(O)c(O)c2)C1. The highest BCUT2D eigenvalue weighted by Crippen LogP contribution is 2.41. The topological polar surface area (TPSA) is 43.7 Å². The summed E-state index contributed by atoms with van der Waals surface area (Å²) in [5, 5.41) is 19.1. The molecule has 1 atom stereocenters. The third-order valence-corrected chi connectivity index (χ3v) is 5.14. The maximum absolute atomic E-state index is 9.68. The van der Waals surface area contributed by atoms with Crippen LogP contribution in [0.25, 0.3) is 0 Å². The zero-order valence-electron chi connectivity index (χ0n) is 10.8. The molecule has 3 rings (SSSR count). The normalized spacial score (nSPS) is 18.4. The first-order valence-corrected chi connectivity index (χ1v) is 7.64. The summed E-state index contributed by atoms with van der Waals surface area (Å²) in [5.74, 6) is 0.115. The Hall–Kier alpha value is -0.560. The van der Waals surface area contributed by atoms with Gasteiger partial charge in [-0.15, -0.1) is 28.3 Å². The molecule has 0 fully saturated rings. The van der Waals surface area contributed by atoms with Crippen LogP contribution in [-0.4, -0.2) is 28.7 Å². The zero-order valence-corrected chi connectivity index (χ0v) is 15.0. The number of hydrogen-bond donors (Lipinski definition) is 2. The molecule has 6 heteroatoms. The summed E-state index contributed by atoms with van der Waals surface area (Å²) < 4.78 is 1.14. The first kappa shape index (κ1) is 15.8. The fraction of sp³-hybridized carbons (Fsp3) is 0.286. The molecule has 2 heterocycles. The van der Waals surface area contributed by atoms with Crippen molar-refractivity contribution in [1.29, 1.82) is 0 Å². The molecule has 0 aliphatic carbocycles. The second-order valence-corrected chi connectivity index (χ2v) is 7.44. The van der Waals surface area contributed by atoms with Crippen LogP contribution >= 0.6 is 44.2 Å². The molecule has 0 spiro atoms. The number of phenols is 2. The van der Waals surface area contributed by atoms with Crippen LogP contribution < -0.4 is 0 Å². The number of phenolic OH excluding ortho intramolecular Hbond substituents is 2. The molecule has 1 unspecified atom stereocenters.